The molecule has 0 spiro atoms. The maximum Gasteiger partial charge on any atom is 0.113 e. The van der Waals surface area contributed by atoms with Crippen molar-refractivity contribution in [1.82, 2.24) is 17.5 Å². The normalized spacial score (nSPS) is 16.9. The molecule has 0 bridgehead atoms. The Hall–Kier alpha value is -5.78. The van der Waals surface area contributed by atoms with Crippen LogP contribution in [0.4, 0.5) is 28.4 Å². The van der Waals surface area contributed by atoms with Crippen molar-refractivity contribution >= 4 is 108 Å². The summed E-state index contributed by atoms with van der Waals surface area (Å²) in [5, 5.41) is 2.43. The summed E-state index contributed by atoms with van der Waals surface area (Å²) in [5.74, 6) is 0. The van der Waals surface area contributed by atoms with Crippen molar-refractivity contribution in [2.75, 3.05) is 9.80 Å². The minimum absolute atomic E-state index is 0.244. The molecule has 0 fully saturated rings. The number of benzene rings is 7. The monoisotopic (exact) mass is 792 g/mol. The zero-order valence-electron chi connectivity index (χ0n) is 29.5. The van der Waals surface area contributed by atoms with Crippen LogP contribution in [-0.2, 0) is 0 Å². The van der Waals surface area contributed by atoms with E-state index in [1.807, 2.05) is 23.5 Å². The van der Waals surface area contributed by atoms with E-state index in [2.05, 4.69) is 168 Å². The van der Waals surface area contributed by atoms with Crippen LogP contribution in [-0.4, -0.2) is 28.8 Å². The van der Waals surface area contributed by atoms with Crippen molar-refractivity contribution in [1.29, 1.82) is 0 Å². The number of hydrogen-bond donors (Lipinski definition) is 0. The number of anilines is 5. The van der Waals surface area contributed by atoms with E-state index in [1.165, 1.54) is 60.9 Å². The van der Waals surface area contributed by atoms with Gasteiger partial charge in [-0.2, -0.15) is 17.5 Å². The van der Waals surface area contributed by atoms with Crippen molar-refractivity contribution < 1.29 is 0 Å². The Morgan fingerprint density at radius 1 is 0.464 bits per heavy atom. The van der Waals surface area contributed by atoms with Crippen LogP contribution in [0.3, 0.4) is 0 Å². The fraction of sp³-hybridized carbons (Fsp3) is 0.0435. The van der Waals surface area contributed by atoms with Gasteiger partial charge < -0.3 is 9.80 Å². The summed E-state index contributed by atoms with van der Waals surface area (Å²) < 4.78 is 19.5. The van der Waals surface area contributed by atoms with Crippen LogP contribution in [0.25, 0.3) is 55.1 Å². The SMILES string of the molecule is C1=CC2Sc3ccccc3N(c3ccc(-c4cc5c(cc(-c6ccc(N7c8ccccc8Sc8ccccc87)cc6)c6nsnc65)c5nsnc45)cc3)C2C=C1. The lowest BCUT2D eigenvalue weighted by Crippen LogP contribution is -2.40. The molecule has 4 heterocycles. The summed E-state index contributed by atoms with van der Waals surface area (Å²) >= 11 is 6.27. The van der Waals surface area contributed by atoms with Crippen LogP contribution in [0.1, 0.15) is 0 Å². The molecule has 2 unspecified atom stereocenters. The molecule has 7 aromatic carbocycles. The van der Waals surface area contributed by atoms with Gasteiger partial charge in [0.25, 0.3) is 0 Å². The molecule has 3 aliphatic rings. The number of thioether (sulfide) groups is 1. The highest BCUT2D eigenvalue weighted by Crippen LogP contribution is 2.52. The van der Waals surface area contributed by atoms with Crippen molar-refractivity contribution in [3.05, 3.63) is 158 Å². The van der Waals surface area contributed by atoms with Crippen molar-refractivity contribution in [3.63, 3.8) is 0 Å². The quantitative estimate of drug-likeness (QED) is 0.175. The third-order valence-electron chi connectivity index (χ3n) is 10.9. The van der Waals surface area contributed by atoms with Crippen molar-refractivity contribution in [3.8, 4) is 22.3 Å². The van der Waals surface area contributed by atoms with E-state index in [9.17, 15) is 0 Å². The second-order valence-corrected chi connectivity index (χ2v) is 17.4. The third-order valence-corrected chi connectivity index (χ3v) is 14.4. The first-order chi connectivity index (χ1) is 27.8. The van der Waals surface area contributed by atoms with Gasteiger partial charge in [0.2, 0.25) is 0 Å². The summed E-state index contributed by atoms with van der Waals surface area (Å²) in [6, 6.07) is 48.4. The lowest BCUT2D eigenvalue weighted by Gasteiger charge is -2.42. The van der Waals surface area contributed by atoms with Gasteiger partial charge in [-0.15, -0.1) is 11.8 Å². The molecular formula is C46H28N6S4. The van der Waals surface area contributed by atoms with E-state index in [0.717, 1.165) is 60.8 Å². The fourth-order valence-electron chi connectivity index (χ4n) is 8.36. The molecule has 2 aliphatic heterocycles. The van der Waals surface area contributed by atoms with E-state index in [-0.39, 0.29) is 6.04 Å². The molecule has 1 aliphatic carbocycles. The van der Waals surface area contributed by atoms with Gasteiger partial charge in [0, 0.05) is 48.0 Å². The average Bonchev–Trinajstić information content (AvgIpc) is 3.96. The first kappa shape index (κ1) is 32.5. The summed E-state index contributed by atoms with van der Waals surface area (Å²) in [7, 11) is 0. The molecule has 6 nitrogen and oxygen atoms in total. The van der Waals surface area contributed by atoms with Gasteiger partial charge in [-0.3, -0.25) is 0 Å². The molecule has 2 aromatic heterocycles. The minimum atomic E-state index is 0.244. The Labute approximate surface area is 339 Å². The fourth-order valence-corrected chi connectivity index (χ4v) is 11.8. The summed E-state index contributed by atoms with van der Waals surface area (Å²) in [6.45, 7) is 0. The molecule has 10 heteroatoms. The summed E-state index contributed by atoms with van der Waals surface area (Å²) in [4.78, 5) is 8.63. The number of allylic oxidation sites excluding steroid dienone is 2. The van der Waals surface area contributed by atoms with E-state index in [1.54, 1.807) is 0 Å². The van der Waals surface area contributed by atoms with Crippen LogP contribution in [0.15, 0.2) is 172 Å². The van der Waals surface area contributed by atoms with Crippen LogP contribution >= 0.6 is 47.0 Å². The van der Waals surface area contributed by atoms with E-state index >= 15 is 0 Å². The van der Waals surface area contributed by atoms with E-state index < -0.39 is 0 Å². The molecule has 0 amide bonds. The number of para-hydroxylation sites is 3. The topological polar surface area (TPSA) is 58.0 Å². The van der Waals surface area contributed by atoms with E-state index in [4.69, 9.17) is 17.5 Å². The summed E-state index contributed by atoms with van der Waals surface area (Å²) in [6.07, 6.45) is 8.96. The zero-order valence-corrected chi connectivity index (χ0v) is 32.7. The maximum absolute atomic E-state index is 4.89. The standard InChI is InChI=1S/C46H28N6S4/c1-5-13-39-35(9-1)51(36-10-2-6-14-40(36)53-39)29-21-17-27(18-22-29)31-25-33-34(45-43(31)47-55-49-45)26-32(44-46(33)50-56-48-44)28-19-23-30(24-20-28)52-37-11-3-7-15-41(37)54-42-16-8-4-12-38(42)52/h1-26,35,39H. The molecule has 12 rings (SSSR count). The van der Waals surface area contributed by atoms with Gasteiger partial charge >= 0.3 is 0 Å². The lowest BCUT2D eigenvalue weighted by molar-refractivity contribution is 0.778. The van der Waals surface area contributed by atoms with Crippen molar-refractivity contribution in [2.24, 2.45) is 0 Å². The molecule has 56 heavy (non-hydrogen) atoms. The van der Waals surface area contributed by atoms with Crippen LogP contribution in [0.5, 0.6) is 0 Å². The van der Waals surface area contributed by atoms with Gasteiger partial charge in [0.1, 0.15) is 22.1 Å². The average molecular weight is 793 g/mol. The zero-order chi connectivity index (χ0) is 36.7. The minimum Gasteiger partial charge on any atom is -0.332 e. The Morgan fingerprint density at radius 3 is 1.57 bits per heavy atom. The summed E-state index contributed by atoms with van der Waals surface area (Å²) in [5.41, 5.74) is 13.7. The number of rotatable bonds is 4. The molecular weight excluding hydrogens is 765 g/mol. The predicted octanol–water partition coefficient (Wildman–Crippen LogP) is 13.2. The maximum atomic E-state index is 4.89. The highest BCUT2D eigenvalue weighted by atomic mass is 32.2. The molecule has 0 saturated carbocycles. The molecule has 2 atom stereocenters. The van der Waals surface area contributed by atoms with Gasteiger partial charge in [-0.25, -0.2) is 0 Å². The van der Waals surface area contributed by atoms with Gasteiger partial charge in [-0.1, -0.05) is 96.7 Å². The number of hydrogen-bond acceptors (Lipinski definition) is 10. The molecule has 266 valence electrons. The van der Waals surface area contributed by atoms with Gasteiger partial charge in [-0.05, 0) is 83.9 Å². The van der Waals surface area contributed by atoms with Crippen LogP contribution in [0, 0.1) is 0 Å². The van der Waals surface area contributed by atoms with E-state index in [0.29, 0.717) is 5.25 Å². The van der Waals surface area contributed by atoms with Gasteiger partial charge in [0.15, 0.2) is 0 Å². The molecule has 9 aromatic rings. The first-order valence-corrected chi connectivity index (χ1v) is 21.5. The van der Waals surface area contributed by atoms with Crippen LogP contribution < -0.4 is 9.80 Å². The molecule has 0 saturated heterocycles. The molecule has 0 N–H and O–H groups in total. The van der Waals surface area contributed by atoms with Crippen LogP contribution in [0.2, 0.25) is 0 Å². The number of nitrogens with zero attached hydrogens (tertiary/aromatic N) is 6. The Bertz CT molecular complexity index is 3030. The molecule has 0 radical (unpaired) electrons. The third kappa shape index (κ3) is 5.03. The highest BCUT2D eigenvalue weighted by Gasteiger charge is 2.34. The predicted molar refractivity (Wildman–Crippen MR) is 236 cm³/mol. The second kappa shape index (κ2) is 12.9. The largest absolute Gasteiger partial charge is 0.332 e. The van der Waals surface area contributed by atoms with Crippen molar-refractivity contribution in [2.45, 2.75) is 26.0 Å². The van der Waals surface area contributed by atoms with Gasteiger partial charge in [0.05, 0.1) is 51.8 Å². The second-order valence-electron chi connectivity index (χ2n) is 14.0. The number of fused-ring (bicyclic) bond motifs is 9. The first-order valence-electron chi connectivity index (χ1n) is 18.4. The Balaban J connectivity index is 0.941. The lowest BCUT2D eigenvalue weighted by atomic mass is 9.94. The number of aromatic nitrogens is 4. The highest BCUT2D eigenvalue weighted by molar-refractivity contribution is 8.00. The smallest absolute Gasteiger partial charge is 0.113 e. The Kier molecular flexibility index (Phi) is 7.47. The Morgan fingerprint density at radius 2 is 0.964 bits per heavy atom.